The van der Waals surface area contributed by atoms with Gasteiger partial charge in [0.2, 0.25) is 6.79 Å². The third kappa shape index (κ3) is 3.90. The summed E-state index contributed by atoms with van der Waals surface area (Å²) in [5.74, 6) is 1.27. The summed E-state index contributed by atoms with van der Waals surface area (Å²) in [6.45, 7) is 5.69. The molecule has 0 bridgehead atoms. The van der Waals surface area contributed by atoms with Crippen molar-refractivity contribution in [1.29, 1.82) is 0 Å². The van der Waals surface area contributed by atoms with Gasteiger partial charge in [0.15, 0.2) is 11.5 Å². The van der Waals surface area contributed by atoms with Crippen molar-refractivity contribution in [3.05, 3.63) is 23.8 Å². The number of hydrogen-bond acceptors (Lipinski definition) is 5. The number of nitrogens with one attached hydrogen (secondary N) is 1. The fourth-order valence-corrected chi connectivity index (χ4v) is 2.63. The third-order valence-corrected chi connectivity index (χ3v) is 3.93. The molecule has 1 amide bonds. The number of rotatable bonds is 6. The van der Waals surface area contributed by atoms with Gasteiger partial charge in [-0.05, 0) is 37.6 Å². The molecule has 2 heterocycles. The van der Waals surface area contributed by atoms with Crippen molar-refractivity contribution in [2.24, 2.45) is 0 Å². The first-order chi connectivity index (χ1) is 10.8. The number of morpholine rings is 1. The van der Waals surface area contributed by atoms with E-state index in [-0.39, 0.29) is 12.7 Å². The summed E-state index contributed by atoms with van der Waals surface area (Å²) in [4.78, 5) is 14.5. The van der Waals surface area contributed by atoms with Gasteiger partial charge < -0.3 is 19.5 Å². The minimum atomic E-state index is -0.0651. The van der Waals surface area contributed by atoms with E-state index >= 15 is 0 Å². The molecule has 1 aromatic rings. The molecule has 2 aliphatic heterocycles. The molecule has 0 unspecified atom stereocenters. The van der Waals surface area contributed by atoms with Crippen LogP contribution >= 0.6 is 0 Å². The first-order valence-corrected chi connectivity index (χ1v) is 7.81. The minimum Gasteiger partial charge on any atom is -0.454 e. The predicted octanol–water partition coefficient (Wildman–Crippen LogP) is 1.26. The van der Waals surface area contributed by atoms with Gasteiger partial charge in [-0.25, -0.2) is 0 Å². The second-order valence-corrected chi connectivity index (χ2v) is 5.49. The summed E-state index contributed by atoms with van der Waals surface area (Å²) in [5.41, 5.74) is 0.609. The summed E-state index contributed by atoms with van der Waals surface area (Å²) in [5, 5.41) is 2.95. The molecule has 0 atom stereocenters. The molecule has 2 aliphatic rings. The molecular weight excluding hydrogens is 284 g/mol. The number of benzene rings is 1. The molecule has 0 saturated carbocycles. The van der Waals surface area contributed by atoms with Crippen LogP contribution in [0.5, 0.6) is 11.5 Å². The maximum absolute atomic E-state index is 12.1. The standard InChI is InChI=1S/C16H22N2O4/c19-16(13-3-4-14-15(11-13)22-12-21-14)17-5-1-2-6-18-7-9-20-10-8-18/h3-4,11H,1-2,5-10,12H2,(H,17,19). The molecule has 0 spiro atoms. The van der Waals surface area contributed by atoms with Crippen molar-refractivity contribution >= 4 is 5.91 Å². The molecular formula is C16H22N2O4. The highest BCUT2D eigenvalue weighted by Crippen LogP contribution is 2.32. The maximum Gasteiger partial charge on any atom is 0.251 e. The van der Waals surface area contributed by atoms with E-state index in [1.807, 2.05) is 0 Å². The van der Waals surface area contributed by atoms with Crippen molar-refractivity contribution < 1.29 is 19.0 Å². The number of unbranched alkanes of at least 4 members (excludes halogenated alkanes) is 1. The Morgan fingerprint density at radius 1 is 1.14 bits per heavy atom. The Kier molecular flexibility index (Phi) is 5.13. The van der Waals surface area contributed by atoms with Crippen molar-refractivity contribution in [2.75, 3.05) is 46.2 Å². The Bertz CT molecular complexity index is 515. The average molecular weight is 306 g/mol. The lowest BCUT2D eigenvalue weighted by atomic mass is 10.2. The Balaban J connectivity index is 1.35. The number of nitrogens with zero attached hydrogens (tertiary/aromatic N) is 1. The second kappa shape index (κ2) is 7.47. The minimum absolute atomic E-state index is 0.0651. The van der Waals surface area contributed by atoms with E-state index in [0.717, 1.165) is 45.7 Å². The predicted molar refractivity (Wildman–Crippen MR) is 81.4 cm³/mol. The molecule has 0 radical (unpaired) electrons. The van der Waals surface area contributed by atoms with E-state index in [0.29, 0.717) is 23.6 Å². The van der Waals surface area contributed by atoms with Gasteiger partial charge in [0, 0.05) is 25.2 Å². The van der Waals surface area contributed by atoms with Gasteiger partial charge in [-0.1, -0.05) is 0 Å². The van der Waals surface area contributed by atoms with Crippen molar-refractivity contribution in [3.8, 4) is 11.5 Å². The molecule has 0 aromatic heterocycles. The average Bonchev–Trinajstić information content (AvgIpc) is 3.03. The molecule has 3 rings (SSSR count). The van der Waals surface area contributed by atoms with Gasteiger partial charge in [0.05, 0.1) is 13.2 Å². The highest BCUT2D eigenvalue weighted by atomic mass is 16.7. The van der Waals surface area contributed by atoms with E-state index in [1.165, 1.54) is 0 Å². The Morgan fingerprint density at radius 3 is 2.82 bits per heavy atom. The first-order valence-electron chi connectivity index (χ1n) is 7.81. The fourth-order valence-electron chi connectivity index (χ4n) is 2.63. The highest BCUT2D eigenvalue weighted by Gasteiger charge is 2.16. The normalized spacial score (nSPS) is 17.5. The van der Waals surface area contributed by atoms with Crippen molar-refractivity contribution in [2.45, 2.75) is 12.8 Å². The molecule has 120 valence electrons. The van der Waals surface area contributed by atoms with Crippen LogP contribution in [0, 0.1) is 0 Å². The summed E-state index contributed by atoms with van der Waals surface area (Å²) < 4.78 is 15.8. The molecule has 6 nitrogen and oxygen atoms in total. The van der Waals surface area contributed by atoms with Crippen LogP contribution in [0.3, 0.4) is 0 Å². The fraction of sp³-hybridized carbons (Fsp3) is 0.562. The lowest BCUT2D eigenvalue weighted by Gasteiger charge is -2.26. The number of fused-ring (bicyclic) bond motifs is 1. The zero-order valence-electron chi connectivity index (χ0n) is 12.7. The van der Waals surface area contributed by atoms with Crippen LogP contribution in [0.2, 0.25) is 0 Å². The summed E-state index contributed by atoms with van der Waals surface area (Å²) in [7, 11) is 0. The topological polar surface area (TPSA) is 60.0 Å². The Labute approximate surface area is 130 Å². The Morgan fingerprint density at radius 2 is 1.95 bits per heavy atom. The first kappa shape index (κ1) is 15.1. The monoisotopic (exact) mass is 306 g/mol. The molecule has 22 heavy (non-hydrogen) atoms. The Hall–Kier alpha value is -1.79. The zero-order valence-corrected chi connectivity index (χ0v) is 12.7. The van der Waals surface area contributed by atoms with Gasteiger partial charge in [-0.3, -0.25) is 9.69 Å². The molecule has 0 aliphatic carbocycles. The molecule has 1 fully saturated rings. The van der Waals surface area contributed by atoms with E-state index in [4.69, 9.17) is 14.2 Å². The summed E-state index contributed by atoms with van der Waals surface area (Å²) in [6.07, 6.45) is 2.06. The van der Waals surface area contributed by atoms with Crippen LogP contribution in [-0.2, 0) is 4.74 Å². The molecule has 1 aromatic carbocycles. The van der Waals surface area contributed by atoms with Crippen LogP contribution < -0.4 is 14.8 Å². The molecule has 1 saturated heterocycles. The van der Waals surface area contributed by atoms with E-state index in [2.05, 4.69) is 10.2 Å². The number of amides is 1. The van der Waals surface area contributed by atoms with Crippen molar-refractivity contribution in [3.63, 3.8) is 0 Å². The van der Waals surface area contributed by atoms with E-state index in [1.54, 1.807) is 18.2 Å². The van der Waals surface area contributed by atoms with Gasteiger partial charge >= 0.3 is 0 Å². The van der Waals surface area contributed by atoms with Crippen LogP contribution in [0.25, 0.3) is 0 Å². The number of ether oxygens (including phenoxy) is 3. The van der Waals surface area contributed by atoms with Crippen LogP contribution in [0.15, 0.2) is 18.2 Å². The van der Waals surface area contributed by atoms with E-state index < -0.39 is 0 Å². The summed E-state index contributed by atoms with van der Waals surface area (Å²) >= 11 is 0. The molecule has 6 heteroatoms. The van der Waals surface area contributed by atoms with Crippen LogP contribution in [0.1, 0.15) is 23.2 Å². The summed E-state index contributed by atoms with van der Waals surface area (Å²) in [6, 6.07) is 5.26. The van der Waals surface area contributed by atoms with E-state index in [9.17, 15) is 4.79 Å². The van der Waals surface area contributed by atoms with Crippen LogP contribution in [0.4, 0.5) is 0 Å². The number of carbonyl (C=O) groups is 1. The number of hydrogen-bond donors (Lipinski definition) is 1. The number of carbonyl (C=O) groups excluding carboxylic acids is 1. The highest BCUT2D eigenvalue weighted by molar-refractivity contribution is 5.94. The van der Waals surface area contributed by atoms with Gasteiger partial charge in [0.1, 0.15) is 0 Å². The van der Waals surface area contributed by atoms with Gasteiger partial charge in [-0.2, -0.15) is 0 Å². The maximum atomic E-state index is 12.1. The van der Waals surface area contributed by atoms with Crippen molar-refractivity contribution in [1.82, 2.24) is 10.2 Å². The lowest BCUT2D eigenvalue weighted by Crippen LogP contribution is -2.37. The second-order valence-electron chi connectivity index (χ2n) is 5.49. The third-order valence-electron chi connectivity index (χ3n) is 3.93. The van der Waals surface area contributed by atoms with Gasteiger partial charge in [-0.15, -0.1) is 0 Å². The van der Waals surface area contributed by atoms with Gasteiger partial charge in [0.25, 0.3) is 5.91 Å². The largest absolute Gasteiger partial charge is 0.454 e. The smallest absolute Gasteiger partial charge is 0.251 e. The van der Waals surface area contributed by atoms with Crippen LogP contribution in [-0.4, -0.2) is 57.0 Å². The SMILES string of the molecule is O=C(NCCCCN1CCOCC1)c1ccc2c(c1)OCO2. The lowest BCUT2D eigenvalue weighted by molar-refractivity contribution is 0.0372. The molecule has 1 N–H and O–H groups in total. The quantitative estimate of drug-likeness (QED) is 0.802. The zero-order chi connectivity index (χ0) is 15.2.